The Morgan fingerprint density at radius 3 is 1.26 bits per heavy atom. The minimum absolute atomic E-state index is 1.14. The molecule has 13 aromatic rings. The lowest BCUT2D eigenvalue weighted by Crippen LogP contribution is -1.97. The van der Waals surface area contributed by atoms with Gasteiger partial charge in [-0.2, -0.15) is 0 Å². The van der Waals surface area contributed by atoms with Crippen LogP contribution in [0.2, 0.25) is 0 Å². The van der Waals surface area contributed by atoms with Gasteiger partial charge in [-0.15, -0.1) is 0 Å². The molecule has 4 nitrogen and oxygen atoms in total. The molecule has 0 bridgehead atoms. The van der Waals surface area contributed by atoms with E-state index in [0.29, 0.717) is 0 Å². The summed E-state index contributed by atoms with van der Waals surface area (Å²) in [5, 5.41) is 9.96. The van der Waals surface area contributed by atoms with Crippen LogP contribution in [-0.2, 0) is 0 Å². The molecule has 0 aliphatic rings. The van der Waals surface area contributed by atoms with Crippen LogP contribution < -0.4 is 0 Å². The van der Waals surface area contributed by atoms with Gasteiger partial charge < -0.3 is 18.3 Å². The van der Waals surface area contributed by atoms with E-state index in [1.54, 1.807) is 0 Å². The highest BCUT2D eigenvalue weighted by Crippen LogP contribution is 2.44. The molecule has 4 heterocycles. The van der Waals surface area contributed by atoms with Crippen molar-refractivity contribution in [2.75, 3.05) is 0 Å². The van der Waals surface area contributed by atoms with Crippen LogP contribution in [0.25, 0.3) is 110 Å². The highest BCUT2D eigenvalue weighted by atomic mass is 15.0. The zero-order valence-corrected chi connectivity index (χ0v) is 31.4. The summed E-state index contributed by atoms with van der Waals surface area (Å²) in [4.78, 5) is 0. The monoisotopic (exact) mass is 738 g/mol. The van der Waals surface area contributed by atoms with Gasteiger partial charge in [0.25, 0.3) is 0 Å². The highest BCUT2D eigenvalue weighted by Gasteiger charge is 2.22. The van der Waals surface area contributed by atoms with E-state index >= 15 is 0 Å². The van der Waals surface area contributed by atoms with Crippen LogP contribution in [0.3, 0.4) is 0 Å². The molecule has 0 unspecified atom stereocenters. The van der Waals surface area contributed by atoms with Crippen LogP contribution in [0.1, 0.15) is 0 Å². The zero-order chi connectivity index (χ0) is 37.9. The average molecular weight is 739 g/mol. The second kappa shape index (κ2) is 11.8. The summed E-state index contributed by atoms with van der Waals surface area (Å²) in [5.74, 6) is 0. The maximum Gasteiger partial charge on any atom is 0.0641 e. The van der Waals surface area contributed by atoms with E-state index in [0.717, 1.165) is 22.7 Å². The third-order valence-electron chi connectivity index (χ3n) is 12.3. The number of para-hydroxylation sites is 6. The third-order valence-corrected chi connectivity index (χ3v) is 12.3. The number of hydrogen-bond acceptors (Lipinski definition) is 0. The lowest BCUT2D eigenvalue weighted by Gasteiger charge is -2.12. The van der Waals surface area contributed by atoms with Crippen molar-refractivity contribution in [3.05, 3.63) is 206 Å². The molecule has 0 radical (unpaired) electrons. The maximum absolute atomic E-state index is 2.51. The first-order valence-corrected chi connectivity index (χ1v) is 20.0. The lowest BCUT2D eigenvalue weighted by molar-refractivity contribution is 1.15. The number of aromatic nitrogens is 4. The molecule has 4 aromatic heterocycles. The van der Waals surface area contributed by atoms with Gasteiger partial charge >= 0.3 is 0 Å². The highest BCUT2D eigenvalue weighted by molar-refractivity contribution is 6.26. The summed E-state index contributed by atoms with van der Waals surface area (Å²) in [7, 11) is 0. The van der Waals surface area contributed by atoms with Crippen LogP contribution in [0, 0.1) is 0 Å². The van der Waals surface area contributed by atoms with Crippen molar-refractivity contribution in [3.63, 3.8) is 0 Å². The molecule has 9 aromatic carbocycles. The van der Waals surface area contributed by atoms with Gasteiger partial charge in [-0.3, -0.25) is 0 Å². The van der Waals surface area contributed by atoms with Crippen LogP contribution in [-0.4, -0.2) is 18.3 Å². The summed E-state index contributed by atoms with van der Waals surface area (Å²) in [6.07, 6.45) is 0. The SMILES string of the molecule is c1ccc(-n2c3ccccc3c3cc(-n4c5ccccc5c5ccc6c(c7ccccc7n6-c6ccc7c8ccccc8n(-c8ccccc8)c7c6)c54)ccc32)cc1. The van der Waals surface area contributed by atoms with Crippen molar-refractivity contribution in [3.8, 4) is 22.7 Å². The summed E-state index contributed by atoms with van der Waals surface area (Å²) < 4.78 is 9.77. The second-order valence-electron chi connectivity index (χ2n) is 15.3. The van der Waals surface area contributed by atoms with Crippen molar-refractivity contribution >= 4 is 87.2 Å². The molecular formula is C54H34N4. The van der Waals surface area contributed by atoms with Crippen molar-refractivity contribution in [2.45, 2.75) is 0 Å². The molecule has 0 amide bonds. The predicted molar refractivity (Wildman–Crippen MR) is 244 cm³/mol. The number of nitrogens with zero attached hydrogens (tertiary/aromatic N) is 4. The van der Waals surface area contributed by atoms with Crippen LogP contribution in [0.4, 0.5) is 0 Å². The Morgan fingerprint density at radius 1 is 0.207 bits per heavy atom. The molecular weight excluding hydrogens is 705 g/mol. The van der Waals surface area contributed by atoms with Gasteiger partial charge in [0, 0.05) is 65.8 Å². The van der Waals surface area contributed by atoms with E-state index in [9.17, 15) is 0 Å². The molecule has 0 spiro atoms. The van der Waals surface area contributed by atoms with Gasteiger partial charge in [-0.25, -0.2) is 0 Å². The first-order valence-electron chi connectivity index (χ1n) is 20.0. The Balaban J connectivity index is 1.12. The minimum Gasteiger partial charge on any atom is -0.309 e. The molecule has 270 valence electrons. The van der Waals surface area contributed by atoms with Gasteiger partial charge in [-0.05, 0) is 84.9 Å². The van der Waals surface area contributed by atoms with Crippen LogP contribution in [0.5, 0.6) is 0 Å². The fraction of sp³-hybridized carbons (Fsp3) is 0. The van der Waals surface area contributed by atoms with Gasteiger partial charge in [0.1, 0.15) is 0 Å². The van der Waals surface area contributed by atoms with Gasteiger partial charge in [-0.1, -0.05) is 121 Å². The molecule has 58 heavy (non-hydrogen) atoms. The van der Waals surface area contributed by atoms with E-state index in [4.69, 9.17) is 0 Å². The topological polar surface area (TPSA) is 19.7 Å². The molecule has 0 saturated carbocycles. The van der Waals surface area contributed by atoms with Crippen molar-refractivity contribution < 1.29 is 0 Å². The van der Waals surface area contributed by atoms with Crippen molar-refractivity contribution in [1.29, 1.82) is 0 Å². The molecule has 0 aliphatic heterocycles. The summed E-state index contributed by atoms with van der Waals surface area (Å²) >= 11 is 0. The Labute approximate surface area is 333 Å². The summed E-state index contributed by atoms with van der Waals surface area (Å²) in [6.45, 7) is 0. The fourth-order valence-corrected chi connectivity index (χ4v) is 9.96. The van der Waals surface area contributed by atoms with Gasteiger partial charge in [0.15, 0.2) is 0 Å². The average Bonchev–Trinajstić information content (AvgIpc) is 4.01. The Hall–Kier alpha value is -7.82. The Bertz CT molecular complexity index is 3780. The first-order chi connectivity index (χ1) is 28.8. The number of benzene rings is 9. The van der Waals surface area contributed by atoms with Crippen molar-refractivity contribution in [2.24, 2.45) is 0 Å². The van der Waals surface area contributed by atoms with Crippen LogP contribution >= 0.6 is 0 Å². The molecule has 13 rings (SSSR count). The summed E-state index contributed by atoms with van der Waals surface area (Å²) in [5.41, 5.74) is 14.2. The zero-order valence-electron chi connectivity index (χ0n) is 31.4. The molecule has 0 N–H and O–H groups in total. The number of rotatable bonds is 4. The molecule has 0 atom stereocenters. The predicted octanol–water partition coefficient (Wildman–Crippen LogP) is 14.1. The normalized spacial score (nSPS) is 12.1. The third kappa shape index (κ3) is 4.23. The number of hydrogen-bond donors (Lipinski definition) is 0. The largest absolute Gasteiger partial charge is 0.309 e. The van der Waals surface area contributed by atoms with E-state index in [1.165, 1.54) is 87.2 Å². The van der Waals surface area contributed by atoms with E-state index < -0.39 is 0 Å². The standard InChI is InChI=1S/C54H34N4/c1-3-15-35(16-4-1)55-47-24-12-9-21-41(47)45-33-37(28-31-50(45)55)58-48-25-13-8-20-40(48)43-30-32-51-53(54(43)58)44-22-10-14-26-49(44)57(51)38-27-29-42-39-19-7-11-23-46(39)56(52(42)34-38)36-17-5-2-6-18-36/h1-34H. The van der Waals surface area contributed by atoms with Crippen LogP contribution in [0.15, 0.2) is 206 Å². The van der Waals surface area contributed by atoms with Crippen molar-refractivity contribution in [1.82, 2.24) is 18.3 Å². The van der Waals surface area contributed by atoms with E-state index in [-0.39, 0.29) is 0 Å². The Kier molecular flexibility index (Phi) is 6.41. The quantitative estimate of drug-likeness (QED) is 0.171. The fourth-order valence-electron chi connectivity index (χ4n) is 9.96. The maximum atomic E-state index is 2.51. The Morgan fingerprint density at radius 2 is 0.603 bits per heavy atom. The van der Waals surface area contributed by atoms with Gasteiger partial charge in [0.2, 0.25) is 0 Å². The molecule has 4 heteroatoms. The molecule has 0 saturated heterocycles. The lowest BCUT2D eigenvalue weighted by atomic mass is 10.1. The second-order valence-corrected chi connectivity index (χ2v) is 15.3. The molecule has 0 aliphatic carbocycles. The number of fused-ring (bicyclic) bond motifs is 13. The minimum atomic E-state index is 1.14. The molecule has 0 fully saturated rings. The van der Waals surface area contributed by atoms with Gasteiger partial charge in [0.05, 0.1) is 44.1 Å². The summed E-state index contributed by atoms with van der Waals surface area (Å²) in [6, 6.07) is 75.4. The van der Waals surface area contributed by atoms with E-state index in [1.807, 2.05) is 0 Å². The van der Waals surface area contributed by atoms with E-state index in [2.05, 4.69) is 225 Å². The first kappa shape index (κ1) is 31.4. The smallest absolute Gasteiger partial charge is 0.0641 e.